The fraction of sp³-hybridized carbons (Fsp3) is 0.889. The number of carbonyl (C=O) groups is 1. The molecule has 0 saturated carbocycles. The quantitative estimate of drug-likeness (QED) is 0.530. The van der Waals surface area contributed by atoms with Crippen LogP contribution in [0.25, 0.3) is 0 Å². The van der Waals surface area contributed by atoms with Crippen LogP contribution in [0.3, 0.4) is 0 Å². The molecular weight excluding hydrogens is 170 g/mol. The van der Waals surface area contributed by atoms with Crippen LogP contribution in [0.2, 0.25) is 0 Å². The molecular formula is C9H17NO3. The van der Waals surface area contributed by atoms with Crippen molar-refractivity contribution in [1.82, 2.24) is 5.06 Å². The minimum absolute atomic E-state index is 0.284. The Morgan fingerprint density at radius 2 is 2.46 bits per heavy atom. The maximum absolute atomic E-state index is 11.3. The summed E-state index contributed by atoms with van der Waals surface area (Å²) in [6.45, 7) is 3.09. The first-order chi connectivity index (χ1) is 6.25. The van der Waals surface area contributed by atoms with Gasteiger partial charge in [0.15, 0.2) is 0 Å². The summed E-state index contributed by atoms with van der Waals surface area (Å²) >= 11 is 0. The van der Waals surface area contributed by atoms with Gasteiger partial charge in [0.2, 0.25) is 0 Å². The first-order valence-electron chi connectivity index (χ1n) is 4.88. The highest BCUT2D eigenvalue weighted by molar-refractivity contribution is 5.75. The van der Waals surface area contributed by atoms with E-state index in [1.807, 2.05) is 6.92 Å². The molecule has 4 nitrogen and oxygen atoms in total. The molecule has 13 heavy (non-hydrogen) atoms. The molecule has 76 valence electrons. The highest BCUT2D eigenvalue weighted by atomic mass is 16.6. The predicted molar refractivity (Wildman–Crippen MR) is 47.4 cm³/mol. The summed E-state index contributed by atoms with van der Waals surface area (Å²) in [6.07, 6.45) is 3.48. The van der Waals surface area contributed by atoms with Crippen LogP contribution in [0, 0.1) is 0 Å². The normalized spacial score (nSPS) is 23.4. The van der Waals surface area contributed by atoms with Crippen LogP contribution < -0.4 is 0 Å². The Bertz CT molecular complexity index is 172. The Morgan fingerprint density at radius 3 is 3.00 bits per heavy atom. The molecule has 0 aromatic heterocycles. The summed E-state index contributed by atoms with van der Waals surface area (Å²) in [5.74, 6) is -0.284. The van der Waals surface area contributed by atoms with Gasteiger partial charge in [0.25, 0.3) is 0 Å². The van der Waals surface area contributed by atoms with Gasteiger partial charge in [-0.3, -0.25) is 4.79 Å². The highest BCUT2D eigenvalue weighted by Gasteiger charge is 2.30. The summed E-state index contributed by atoms with van der Waals surface area (Å²) < 4.78 is 5.00. The summed E-state index contributed by atoms with van der Waals surface area (Å²) in [5, 5.41) is 10.3. The summed E-state index contributed by atoms with van der Waals surface area (Å²) in [4.78, 5) is 11.3. The largest absolute Gasteiger partial charge is 0.464 e. The maximum Gasteiger partial charge on any atom is 0.325 e. The molecule has 1 heterocycles. The van der Waals surface area contributed by atoms with Crippen LogP contribution in [0.1, 0.15) is 32.6 Å². The van der Waals surface area contributed by atoms with Gasteiger partial charge in [-0.15, -0.1) is 0 Å². The standard InChI is InChI=1S/C9H17NO3/c1-2-3-7-13-9(11)8-5-4-6-10(8)12/h8,12H,2-7H2,1H3/t8-/m1/s1. The van der Waals surface area contributed by atoms with Gasteiger partial charge in [0, 0.05) is 6.54 Å². The third kappa shape index (κ3) is 2.97. The molecule has 0 aliphatic carbocycles. The van der Waals surface area contributed by atoms with Crippen molar-refractivity contribution in [3.63, 3.8) is 0 Å². The summed E-state index contributed by atoms with van der Waals surface area (Å²) in [6, 6.07) is -0.420. The summed E-state index contributed by atoms with van der Waals surface area (Å²) in [5.41, 5.74) is 0. The van der Waals surface area contributed by atoms with E-state index < -0.39 is 6.04 Å². The minimum atomic E-state index is -0.420. The number of nitrogens with zero attached hydrogens (tertiary/aromatic N) is 1. The van der Waals surface area contributed by atoms with E-state index in [1.54, 1.807) is 0 Å². The maximum atomic E-state index is 11.3. The lowest BCUT2D eigenvalue weighted by atomic mass is 10.2. The van der Waals surface area contributed by atoms with E-state index in [-0.39, 0.29) is 5.97 Å². The van der Waals surface area contributed by atoms with Gasteiger partial charge in [-0.25, -0.2) is 0 Å². The van der Waals surface area contributed by atoms with E-state index in [0.717, 1.165) is 24.3 Å². The molecule has 4 heteroatoms. The van der Waals surface area contributed by atoms with Crippen LogP contribution >= 0.6 is 0 Å². The highest BCUT2D eigenvalue weighted by Crippen LogP contribution is 2.15. The molecule has 1 rings (SSSR count). The molecule has 1 N–H and O–H groups in total. The molecule has 0 aromatic rings. The average Bonchev–Trinajstić information content (AvgIpc) is 2.52. The number of hydrogen-bond donors (Lipinski definition) is 1. The van der Waals surface area contributed by atoms with E-state index in [1.165, 1.54) is 0 Å². The lowest BCUT2D eigenvalue weighted by Crippen LogP contribution is -2.34. The van der Waals surface area contributed by atoms with Crippen molar-refractivity contribution in [3.8, 4) is 0 Å². The Kier molecular flexibility index (Phi) is 4.18. The monoisotopic (exact) mass is 187 g/mol. The van der Waals surface area contributed by atoms with E-state index in [2.05, 4.69) is 0 Å². The topological polar surface area (TPSA) is 49.8 Å². The second-order valence-electron chi connectivity index (χ2n) is 3.34. The molecule has 1 aliphatic rings. The number of hydroxylamine groups is 2. The average molecular weight is 187 g/mol. The van der Waals surface area contributed by atoms with Crippen molar-refractivity contribution in [3.05, 3.63) is 0 Å². The molecule has 1 fully saturated rings. The van der Waals surface area contributed by atoms with Gasteiger partial charge in [-0.1, -0.05) is 13.3 Å². The van der Waals surface area contributed by atoms with E-state index >= 15 is 0 Å². The van der Waals surface area contributed by atoms with Crippen molar-refractivity contribution in [2.75, 3.05) is 13.2 Å². The molecule has 0 radical (unpaired) electrons. The molecule has 1 atom stereocenters. The van der Waals surface area contributed by atoms with Crippen molar-refractivity contribution in [2.45, 2.75) is 38.6 Å². The second kappa shape index (κ2) is 5.19. The lowest BCUT2D eigenvalue weighted by Gasteiger charge is -2.15. The molecule has 0 amide bonds. The lowest BCUT2D eigenvalue weighted by molar-refractivity contribution is -0.167. The van der Waals surface area contributed by atoms with E-state index in [4.69, 9.17) is 4.74 Å². The zero-order chi connectivity index (χ0) is 9.68. The minimum Gasteiger partial charge on any atom is -0.464 e. The number of rotatable bonds is 4. The SMILES string of the molecule is CCCCOC(=O)[C@H]1CCCN1O. The van der Waals surface area contributed by atoms with Gasteiger partial charge < -0.3 is 9.94 Å². The molecule has 1 aliphatic heterocycles. The molecule has 0 aromatic carbocycles. The second-order valence-corrected chi connectivity index (χ2v) is 3.34. The Balaban J connectivity index is 2.22. The Labute approximate surface area is 78.4 Å². The number of esters is 1. The van der Waals surface area contributed by atoms with Gasteiger partial charge in [0.05, 0.1) is 6.61 Å². The number of carbonyl (C=O) groups excluding carboxylic acids is 1. The first-order valence-corrected chi connectivity index (χ1v) is 4.88. The van der Waals surface area contributed by atoms with Gasteiger partial charge in [0.1, 0.15) is 6.04 Å². The van der Waals surface area contributed by atoms with Crippen LogP contribution in [0.5, 0.6) is 0 Å². The Hall–Kier alpha value is -0.610. The van der Waals surface area contributed by atoms with E-state index in [0.29, 0.717) is 19.6 Å². The van der Waals surface area contributed by atoms with Crippen LogP contribution in [-0.4, -0.2) is 35.4 Å². The van der Waals surface area contributed by atoms with Crippen molar-refractivity contribution in [2.24, 2.45) is 0 Å². The third-order valence-electron chi connectivity index (χ3n) is 2.24. The Morgan fingerprint density at radius 1 is 1.69 bits per heavy atom. The smallest absolute Gasteiger partial charge is 0.325 e. The summed E-state index contributed by atoms with van der Waals surface area (Å²) in [7, 11) is 0. The van der Waals surface area contributed by atoms with Crippen LogP contribution in [0.15, 0.2) is 0 Å². The van der Waals surface area contributed by atoms with Crippen molar-refractivity contribution < 1.29 is 14.7 Å². The molecule has 0 spiro atoms. The fourth-order valence-electron chi connectivity index (χ4n) is 1.40. The number of unbranched alkanes of at least 4 members (excludes halogenated alkanes) is 1. The third-order valence-corrected chi connectivity index (χ3v) is 2.24. The van der Waals surface area contributed by atoms with Gasteiger partial charge >= 0.3 is 5.97 Å². The van der Waals surface area contributed by atoms with E-state index in [9.17, 15) is 10.0 Å². The molecule has 1 saturated heterocycles. The van der Waals surface area contributed by atoms with Crippen molar-refractivity contribution in [1.29, 1.82) is 0 Å². The zero-order valence-corrected chi connectivity index (χ0v) is 8.03. The van der Waals surface area contributed by atoms with Crippen LogP contribution in [-0.2, 0) is 9.53 Å². The van der Waals surface area contributed by atoms with Gasteiger partial charge in [-0.2, -0.15) is 5.06 Å². The van der Waals surface area contributed by atoms with Crippen LogP contribution in [0.4, 0.5) is 0 Å². The van der Waals surface area contributed by atoms with Gasteiger partial charge in [-0.05, 0) is 19.3 Å². The zero-order valence-electron chi connectivity index (χ0n) is 8.03. The van der Waals surface area contributed by atoms with Crippen molar-refractivity contribution >= 4 is 5.97 Å². The molecule has 0 unspecified atom stereocenters. The first kappa shape index (κ1) is 10.5. The predicted octanol–water partition coefficient (Wildman–Crippen LogP) is 1.18. The number of ether oxygens (including phenoxy) is 1. The number of hydrogen-bond acceptors (Lipinski definition) is 4. The fourth-order valence-corrected chi connectivity index (χ4v) is 1.40. The molecule has 0 bridgehead atoms.